The largest absolute Gasteiger partial charge is 0.478 e. The van der Waals surface area contributed by atoms with Gasteiger partial charge in [-0.25, -0.2) is 4.79 Å². The summed E-state index contributed by atoms with van der Waals surface area (Å²) in [7, 11) is 0. The van der Waals surface area contributed by atoms with E-state index in [9.17, 15) is 4.79 Å². The summed E-state index contributed by atoms with van der Waals surface area (Å²) in [6.07, 6.45) is 4.83. The van der Waals surface area contributed by atoms with Crippen molar-refractivity contribution < 1.29 is 9.90 Å². The molecule has 1 aromatic rings. The molecular formula is C12H11BrO2. The minimum Gasteiger partial charge on any atom is -0.478 e. The fourth-order valence-corrected chi connectivity index (χ4v) is 1.31. The van der Waals surface area contributed by atoms with Crippen LogP contribution in [0.15, 0.2) is 46.5 Å². The predicted molar refractivity (Wildman–Crippen MR) is 64.6 cm³/mol. The van der Waals surface area contributed by atoms with Crippen LogP contribution in [-0.4, -0.2) is 11.1 Å². The van der Waals surface area contributed by atoms with Crippen molar-refractivity contribution >= 4 is 28.0 Å². The van der Waals surface area contributed by atoms with E-state index in [-0.39, 0.29) is 0 Å². The topological polar surface area (TPSA) is 37.3 Å². The lowest BCUT2D eigenvalue weighted by atomic mass is 10.1. The fraction of sp³-hybridized carbons (Fsp3) is 0.0833. The van der Waals surface area contributed by atoms with Crippen molar-refractivity contribution in [2.75, 3.05) is 0 Å². The Kier molecular flexibility index (Phi) is 4.31. The van der Waals surface area contributed by atoms with Crippen molar-refractivity contribution in [1.82, 2.24) is 0 Å². The molecule has 15 heavy (non-hydrogen) atoms. The monoisotopic (exact) mass is 266 g/mol. The second kappa shape index (κ2) is 5.51. The first kappa shape index (κ1) is 11.7. The summed E-state index contributed by atoms with van der Waals surface area (Å²) in [4.78, 5) is 10.3. The first-order valence-corrected chi connectivity index (χ1v) is 5.22. The minimum absolute atomic E-state index is 0.713. The molecule has 0 saturated heterocycles. The summed E-state index contributed by atoms with van der Waals surface area (Å²) in [6.45, 7) is 1.75. The Morgan fingerprint density at radius 3 is 2.47 bits per heavy atom. The minimum atomic E-state index is -0.923. The second-order valence-corrected chi connectivity index (χ2v) is 4.03. The third kappa shape index (κ3) is 4.61. The molecule has 0 aliphatic rings. The van der Waals surface area contributed by atoms with Gasteiger partial charge in [-0.05, 0) is 30.2 Å². The highest BCUT2D eigenvalue weighted by Gasteiger charge is 1.90. The maximum absolute atomic E-state index is 10.3. The zero-order valence-corrected chi connectivity index (χ0v) is 9.86. The van der Waals surface area contributed by atoms with Crippen LogP contribution in [0.1, 0.15) is 12.5 Å². The van der Waals surface area contributed by atoms with Crippen molar-refractivity contribution in [2.45, 2.75) is 6.92 Å². The molecule has 0 unspecified atom stereocenters. The number of halogens is 1. The molecule has 0 aliphatic heterocycles. The highest BCUT2D eigenvalue weighted by molar-refractivity contribution is 9.10. The molecule has 0 spiro atoms. The molecule has 0 atom stereocenters. The summed E-state index contributed by atoms with van der Waals surface area (Å²) in [6, 6.07) is 7.79. The second-order valence-electron chi connectivity index (χ2n) is 3.11. The zero-order valence-electron chi connectivity index (χ0n) is 8.27. The fourth-order valence-electron chi connectivity index (χ4n) is 1.04. The third-order valence-corrected chi connectivity index (χ3v) is 2.29. The summed E-state index contributed by atoms with van der Waals surface area (Å²) in [5.41, 5.74) is 1.75. The molecule has 0 bridgehead atoms. The van der Waals surface area contributed by atoms with Gasteiger partial charge in [0.15, 0.2) is 0 Å². The average molecular weight is 267 g/mol. The van der Waals surface area contributed by atoms with Gasteiger partial charge >= 0.3 is 5.97 Å². The summed E-state index contributed by atoms with van der Waals surface area (Å²) in [5.74, 6) is -0.923. The van der Waals surface area contributed by atoms with Crippen molar-refractivity contribution in [3.8, 4) is 0 Å². The molecular weight excluding hydrogens is 256 g/mol. The van der Waals surface area contributed by atoms with Crippen LogP contribution in [0, 0.1) is 0 Å². The lowest BCUT2D eigenvalue weighted by Gasteiger charge is -1.94. The van der Waals surface area contributed by atoms with Gasteiger partial charge in [-0.3, -0.25) is 0 Å². The molecule has 0 saturated carbocycles. The Balaban J connectivity index is 2.73. The van der Waals surface area contributed by atoms with Crippen LogP contribution >= 0.6 is 15.9 Å². The number of carboxylic acid groups (broad SMARTS) is 1. The highest BCUT2D eigenvalue weighted by atomic mass is 79.9. The van der Waals surface area contributed by atoms with Gasteiger partial charge in [0.05, 0.1) is 0 Å². The lowest BCUT2D eigenvalue weighted by Crippen LogP contribution is -1.87. The zero-order chi connectivity index (χ0) is 11.3. The number of hydrogen-bond acceptors (Lipinski definition) is 1. The van der Waals surface area contributed by atoms with Gasteiger partial charge in [0.25, 0.3) is 0 Å². The average Bonchev–Trinajstić information content (AvgIpc) is 2.16. The van der Waals surface area contributed by atoms with Crippen molar-refractivity contribution in [2.24, 2.45) is 0 Å². The Morgan fingerprint density at radius 1 is 1.33 bits per heavy atom. The third-order valence-electron chi connectivity index (χ3n) is 1.76. The molecule has 0 radical (unpaired) electrons. The number of rotatable bonds is 3. The molecule has 2 nitrogen and oxygen atoms in total. The van der Waals surface area contributed by atoms with E-state index in [4.69, 9.17) is 5.11 Å². The Morgan fingerprint density at radius 2 is 1.93 bits per heavy atom. The normalized spacial score (nSPS) is 12.0. The molecule has 0 heterocycles. The van der Waals surface area contributed by atoms with E-state index in [0.29, 0.717) is 5.57 Å². The van der Waals surface area contributed by atoms with Crippen LogP contribution in [0.2, 0.25) is 0 Å². The van der Waals surface area contributed by atoms with Gasteiger partial charge in [0.1, 0.15) is 0 Å². The van der Waals surface area contributed by atoms with E-state index in [1.54, 1.807) is 13.0 Å². The van der Waals surface area contributed by atoms with E-state index in [1.807, 2.05) is 30.3 Å². The van der Waals surface area contributed by atoms with Gasteiger partial charge in [0, 0.05) is 10.5 Å². The van der Waals surface area contributed by atoms with Gasteiger partial charge in [-0.15, -0.1) is 0 Å². The lowest BCUT2D eigenvalue weighted by molar-refractivity contribution is -0.131. The van der Waals surface area contributed by atoms with Gasteiger partial charge in [-0.1, -0.05) is 40.2 Å². The molecule has 3 heteroatoms. The van der Waals surface area contributed by atoms with Crippen LogP contribution in [0.5, 0.6) is 0 Å². The highest BCUT2D eigenvalue weighted by Crippen LogP contribution is 2.12. The first-order chi connectivity index (χ1) is 7.08. The van der Waals surface area contributed by atoms with Crippen molar-refractivity contribution in [1.29, 1.82) is 0 Å². The molecule has 78 valence electrons. The maximum Gasteiger partial charge on any atom is 0.328 e. The summed E-state index contributed by atoms with van der Waals surface area (Å²) >= 11 is 3.35. The van der Waals surface area contributed by atoms with Crippen LogP contribution in [0.4, 0.5) is 0 Å². The van der Waals surface area contributed by atoms with E-state index >= 15 is 0 Å². The molecule has 0 aromatic heterocycles. The van der Waals surface area contributed by atoms with E-state index in [0.717, 1.165) is 10.0 Å². The van der Waals surface area contributed by atoms with Crippen LogP contribution in [-0.2, 0) is 4.79 Å². The molecule has 1 rings (SSSR count). The molecule has 0 fully saturated rings. The van der Waals surface area contributed by atoms with Gasteiger partial charge < -0.3 is 5.11 Å². The van der Waals surface area contributed by atoms with Crippen molar-refractivity contribution in [3.63, 3.8) is 0 Å². The van der Waals surface area contributed by atoms with Crippen LogP contribution in [0.3, 0.4) is 0 Å². The van der Waals surface area contributed by atoms with E-state index in [2.05, 4.69) is 15.9 Å². The van der Waals surface area contributed by atoms with Crippen LogP contribution < -0.4 is 0 Å². The van der Waals surface area contributed by atoms with E-state index in [1.165, 1.54) is 6.08 Å². The van der Waals surface area contributed by atoms with Gasteiger partial charge in [-0.2, -0.15) is 0 Å². The summed E-state index contributed by atoms with van der Waals surface area (Å²) in [5, 5.41) is 8.50. The van der Waals surface area contributed by atoms with Crippen LogP contribution in [0.25, 0.3) is 6.08 Å². The number of benzene rings is 1. The SMILES string of the molecule is CC(/C=C/c1ccc(Br)cc1)=C\C(=O)O. The Bertz CT molecular complexity index is 402. The van der Waals surface area contributed by atoms with Gasteiger partial charge in [0.2, 0.25) is 0 Å². The standard InChI is InChI=1S/C12H11BrO2/c1-9(8-12(14)15)2-3-10-4-6-11(13)7-5-10/h2-8H,1H3,(H,14,15)/b3-2+,9-8+. The number of carbonyl (C=O) groups is 1. The smallest absolute Gasteiger partial charge is 0.328 e. The molecule has 1 aromatic carbocycles. The number of allylic oxidation sites excluding steroid dienone is 2. The Labute approximate surface area is 97.1 Å². The maximum atomic E-state index is 10.3. The first-order valence-electron chi connectivity index (χ1n) is 4.43. The number of hydrogen-bond donors (Lipinski definition) is 1. The quantitative estimate of drug-likeness (QED) is 0.672. The summed E-state index contributed by atoms with van der Waals surface area (Å²) < 4.78 is 1.03. The van der Waals surface area contributed by atoms with E-state index < -0.39 is 5.97 Å². The number of aliphatic carboxylic acids is 1. The predicted octanol–water partition coefficient (Wildman–Crippen LogP) is 3.49. The molecule has 0 amide bonds. The molecule has 1 N–H and O–H groups in total. The van der Waals surface area contributed by atoms with Crippen molar-refractivity contribution in [3.05, 3.63) is 52.0 Å². The number of carboxylic acids is 1. The Hall–Kier alpha value is -1.35. The molecule has 0 aliphatic carbocycles.